The number of anilines is 1. The molecule has 34 heavy (non-hydrogen) atoms. The van der Waals surface area contributed by atoms with E-state index in [1.54, 1.807) is 30.3 Å². The fourth-order valence-corrected chi connectivity index (χ4v) is 3.46. The highest BCUT2D eigenvalue weighted by Crippen LogP contribution is 2.33. The number of nitrogens with zero attached hydrogens (tertiary/aromatic N) is 3. The standard InChI is InChI=1S/C23H19F3N4O3S/c1-14-4-3-5-15(2)19(14)33-11-10-32-18-8-6-16(7-9-18)12-17(13-27)20(31)28-22-30-29-21(34-22)23(24,25)26/h3-9,12H,10-11H2,1-2H3,(H,28,30,31)/b17-12-. The fraction of sp³-hybridized carbons (Fsp3) is 0.217. The smallest absolute Gasteiger partial charge is 0.445 e. The number of nitrogens with one attached hydrogen (secondary N) is 1. The second-order valence-electron chi connectivity index (χ2n) is 7.02. The molecule has 0 fully saturated rings. The molecule has 3 rings (SSSR count). The van der Waals surface area contributed by atoms with E-state index >= 15 is 0 Å². The zero-order valence-corrected chi connectivity index (χ0v) is 19.0. The van der Waals surface area contributed by atoms with Gasteiger partial charge in [-0.3, -0.25) is 10.1 Å². The number of rotatable bonds is 8. The maximum atomic E-state index is 12.6. The molecule has 1 amide bonds. The summed E-state index contributed by atoms with van der Waals surface area (Å²) in [7, 11) is 0. The third kappa shape index (κ3) is 6.55. The van der Waals surface area contributed by atoms with E-state index < -0.39 is 17.1 Å². The van der Waals surface area contributed by atoms with Crippen molar-refractivity contribution in [3.05, 3.63) is 69.7 Å². The first-order valence-electron chi connectivity index (χ1n) is 9.93. The van der Waals surface area contributed by atoms with E-state index in [1.807, 2.05) is 32.0 Å². The Balaban J connectivity index is 1.55. The maximum Gasteiger partial charge on any atom is 0.445 e. The number of benzene rings is 2. The minimum atomic E-state index is -4.66. The Morgan fingerprint density at radius 1 is 1.09 bits per heavy atom. The summed E-state index contributed by atoms with van der Waals surface area (Å²) in [5, 5.41) is 16.1. The highest BCUT2D eigenvalue weighted by atomic mass is 32.1. The van der Waals surface area contributed by atoms with Gasteiger partial charge in [0.15, 0.2) is 0 Å². The van der Waals surface area contributed by atoms with E-state index in [2.05, 4.69) is 15.5 Å². The summed E-state index contributed by atoms with van der Waals surface area (Å²) in [4.78, 5) is 12.2. The van der Waals surface area contributed by atoms with Crippen molar-refractivity contribution >= 4 is 28.5 Å². The molecule has 0 aliphatic heterocycles. The van der Waals surface area contributed by atoms with Crippen molar-refractivity contribution in [3.63, 3.8) is 0 Å². The van der Waals surface area contributed by atoms with Crippen LogP contribution in [0.15, 0.2) is 48.0 Å². The van der Waals surface area contributed by atoms with Gasteiger partial charge in [0.05, 0.1) is 0 Å². The van der Waals surface area contributed by atoms with Crippen molar-refractivity contribution < 1.29 is 27.4 Å². The Bertz CT molecular complexity index is 1210. The molecular formula is C23H19F3N4O3S. The molecule has 0 unspecified atom stereocenters. The average Bonchev–Trinajstić information content (AvgIpc) is 3.26. The van der Waals surface area contributed by atoms with Crippen LogP contribution in [0.4, 0.5) is 18.3 Å². The first kappa shape index (κ1) is 24.7. The van der Waals surface area contributed by atoms with Crippen molar-refractivity contribution in [2.75, 3.05) is 18.5 Å². The molecule has 0 radical (unpaired) electrons. The summed E-state index contributed by atoms with van der Waals surface area (Å²) in [5.41, 5.74) is 2.30. The molecule has 0 aliphatic rings. The van der Waals surface area contributed by atoms with Crippen LogP contribution in [-0.2, 0) is 11.0 Å². The van der Waals surface area contributed by atoms with Crippen LogP contribution in [0, 0.1) is 25.2 Å². The van der Waals surface area contributed by atoms with E-state index in [4.69, 9.17) is 9.47 Å². The molecular weight excluding hydrogens is 469 g/mol. The third-order valence-corrected chi connectivity index (χ3v) is 5.33. The van der Waals surface area contributed by atoms with Gasteiger partial charge in [-0.05, 0) is 48.7 Å². The topological polar surface area (TPSA) is 97.1 Å². The number of nitriles is 1. The van der Waals surface area contributed by atoms with Gasteiger partial charge in [0.25, 0.3) is 5.91 Å². The predicted molar refractivity (Wildman–Crippen MR) is 120 cm³/mol. The number of carbonyl (C=O) groups excluding carboxylic acids is 1. The molecule has 1 heterocycles. The number of aryl methyl sites for hydroxylation is 2. The molecule has 0 atom stereocenters. The van der Waals surface area contributed by atoms with E-state index in [0.29, 0.717) is 24.5 Å². The highest BCUT2D eigenvalue weighted by Gasteiger charge is 2.35. The van der Waals surface area contributed by atoms with Crippen LogP contribution in [0.1, 0.15) is 21.7 Å². The van der Waals surface area contributed by atoms with Gasteiger partial charge in [-0.1, -0.05) is 41.7 Å². The zero-order valence-electron chi connectivity index (χ0n) is 18.1. The fourth-order valence-electron chi connectivity index (χ4n) is 2.86. The van der Waals surface area contributed by atoms with Gasteiger partial charge in [-0.2, -0.15) is 18.4 Å². The largest absolute Gasteiger partial charge is 0.490 e. The normalized spacial score (nSPS) is 11.6. The zero-order chi connectivity index (χ0) is 24.7. The molecule has 3 aromatic rings. The summed E-state index contributed by atoms with van der Waals surface area (Å²) in [6.07, 6.45) is -3.36. The molecule has 0 bridgehead atoms. The second-order valence-corrected chi connectivity index (χ2v) is 8.00. The van der Waals surface area contributed by atoms with Gasteiger partial charge in [0.2, 0.25) is 10.1 Å². The summed E-state index contributed by atoms with van der Waals surface area (Å²) >= 11 is 0.171. The number of hydrogen-bond donors (Lipinski definition) is 1. The molecule has 1 aromatic heterocycles. The van der Waals surface area contributed by atoms with E-state index in [-0.39, 0.29) is 22.0 Å². The van der Waals surface area contributed by atoms with Gasteiger partial charge in [-0.25, -0.2) is 0 Å². The maximum absolute atomic E-state index is 12.6. The predicted octanol–water partition coefficient (Wildman–Crippen LogP) is 5.18. The molecule has 0 saturated carbocycles. The van der Waals surface area contributed by atoms with Crippen molar-refractivity contribution in [1.29, 1.82) is 5.26 Å². The lowest BCUT2D eigenvalue weighted by Crippen LogP contribution is -2.13. The van der Waals surface area contributed by atoms with E-state index in [1.165, 1.54) is 6.08 Å². The number of halogens is 3. The lowest BCUT2D eigenvalue weighted by Gasteiger charge is -2.12. The van der Waals surface area contributed by atoms with Crippen LogP contribution in [-0.4, -0.2) is 29.3 Å². The van der Waals surface area contributed by atoms with Gasteiger partial charge in [-0.15, -0.1) is 10.2 Å². The van der Waals surface area contributed by atoms with Gasteiger partial charge < -0.3 is 9.47 Å². The van der Waals surface area contributed by atoms with Crippen LogP contribution in [0.2, 0.25) is 0 Å². The van der Waals surface area contributed by atoms with Crippen molar-refractivity contribution in [1.82, 2.24) is 10.2 Å². The molecule has 1 N–H and O–H groups in total. The molecule has 0 saturated heterocycles. The number of para-hydroxylation sites is 1. The van der Waals surface area contributed by atoms with E-state index in [9.17, 15) is 23.2 Å². The van der Waals surface area contributed by atoms with Crippen LogP contribution in [0.3, 0.4) is 0 Å². The monoisotopic (exact) mass is 488 g/mol. The highest BCUT2D eigenvalue weighted by molar-refractivity contribution is 7.15. The Kier molecular flexibility index (Phi) is 7.86. The number of amides is 1. The quantitative estimate of drug-likeness (QED) is 0.267. The molecule has 0 aliphatic carbocycles. The van der Waals surface area contributed by atoms with Gasteiger partial charge in [0, 0.05) is 0 Å². The summed E-state index contributed by atoms with van der Waals surface area (Å²) in [6.45, 7) is 4.61. The Morgan fingerprint density at radius 2 is 1.74 bits per heavy atom. The summed E-state index contributed by atoms with van der Waals surface area (Å²) in [5.74, 6) is 0.507. The Hall–Kier alpha value is -3.91. The molecule has 176 valence electrons. The molecule has 7 nitrogen and oxygen atoms in total. The van der Waals surface area contributed by atoms with E-state index in [0.717, 1.165) is 16.9 Å². The minimum Gasteiger partial charge on any atom is -0.490 e. The van der Waals surface area contributed by atoms with Crippen molar-refractivity contribution in [2.45, 2.75) is 20.0 Å². The van der Waals surface area contributed by atoms with Crippen LogP contribution in [0.25, 0.3) is 6.08 Å². The van der Waals surface area contributed by atoms with Crippen molar-refractivity contribution in [2.24, 2.45) is 0 Å². The second kappa shape index (κ2) is 10.8. The molecule has 2 aromatic carbocycles. The first-order chi connectivity index (χ1) is 16.2. The minimum absolute atomic E-state index is 0.171. The number of ether oxygens (including phenoxy) is 2. The van der Waals surface area contributed by atoms with Crippen molar-refractivity contribution in [3.8, 4) is 17.6 Å². The van der Waals surface area contributed by atoms with Crippen LogP contribution in [0.5, 0.6) is 11.5 Å². The average molecular weight is 488 g/mol. The lowest BCUT2D eigenvalue weighted by atomic mass is 10.1. The SMILES string of the molecule is Cc1cccc(C)c1OCCOc1ccc(/C=C(/C#N)C(=O)Nc2nnc(C(F)(F)F)s2)cc1. The lowest BCUT2D eigenvalue weighted by molar-refractivity contribution is -0.138. The van der Waals surface area contributed by atoms with Crippen LogP contribution >= 0.6 is 11.3 Å². The van der Waals surface area contributed by atoms with Crippen LogP contribution < -0.4 is 14.8 Å². The van der Waals surface area contributed by atoms with Gasteiger partial charge >= 0.3 is 6.18 Å². The number of alkyl halides is 3. The Morgan fingerprint density at radius 3 is 2.32 bits per heavy atom. The number of aromatic nitrogens is 2. The number of carbonyl (C=O) groups is 1. The molecule has 0 spiro atoms. The Labute approximate surface area is 197 Å². The number of hydrogen-bond acceptors (Lipinski definition) is 7. The summed E-state index contributed by atoms with van der Waals surface area (Å²) < 4.78 is 49.3. The first-order valence-corrected chi connectivity index (χ1v) is 10.7. The van der Waals surface area contributed by atoms with Gasteiger partial charge in [0.1, 0.15) is 36.4 Å². The summed E-state index contributed by atoms with van der Waals surface area (Å²) in [6, 6.07) is 14.2. The third-order valence-electron chi connectivity index (χ3n) is 4.45. The molecule has 11 heteroatoms.